The molecule has 0 radical (unpaired) electrons. The highest BCUT2D eigenvalue weighted by atomic mass is 35.5. The zero-order valence-electron chi connectivity index (χ0n) is 11.8. The summed E-state index contributed by atoms with van der Waals surface area (Å²) in [5.41, 5.74) is 1.13. The Morgan fingerprint density at radius 3 is 2.63 bits per heavy atom. The molecule has 1 aliphatic rings. The summed E-state index contributed by atoms with van der Waals surface area (Å²) in [5, 5.41) is 4.20. The van der Waals surface area contributed by atoms with Crippen molar-refractivity contribution in [2.24, 2.45) is 5.92 Å². The fourth-order valence-electron chi connectivity index (χ4n) is 2.77. The third-order valence-corrected chi connectivity index (χ3v) is 4.20. The van der Waals surface area contributed by atoms with Crippen molar-refractivity contribution in [1.82, 2.24) is 5.32 Å². The summed E-state index contributed by atoms with van der Waals surface area (Å²) in [7, 11) is 3.23. The Morgan fingerprint density at radius 1 is 1.26 bits per heavy atom. The minimum atomic E-state index is 0.595. The molecule has 0 saturated heterocycles. The molecule has 2 atom stereocenters. The van der Waals surface area contributed by atoms with Crippen LogP contribution in [0.5, 0.6) is 11.5 Å². The molecule has 1 aromatic rings. The predicted octanol–water partition coefficient (Wildman–Crippen LogP) is 3.64. The number of nitrogens with one attached hydrogen (secondary N) is 1. The van der Waals surface area contributed by atoms with Crippen molar-refractivity contribution >= 4 is 11.6 Å². The number of halogens is 1. The average Bonchev–Trinajstić information content (AvgIpc) is 2.81. The summed E-state index contributed by atoms with van der Waals surface area (Å²) in [5.74, 6) is 2.05. The Hall–Kier alpha value is -0.930. The molecule has 1 aromatic carbocycles. The first-order valence-electron chi connectivity index (χ1n) is 6.79. The number of rotatable bonds is 5. The fraction of sp³-hybridized carbons (Fsp3) is 0.600. The summed E-state index contributed by atoms with van der Waals surface area (Å²) >= 11 is 6.20. The van der Waals surface area contributed by atoms with Gasteiger partial charge in [0.05, 0.1) is 19.2 Å². The van der Waals surface area contributed by atoms with Gasteiger partial charge in [0.1, 0.15) is 0 Å². The molecule has 3 nitrogen and oxygen atoms in total. The molecular formula is C15H22ClNO2. The summed E-state index contributed by atoms with van der Waals surface area (Å²) < 4.78 is 10.6. The monoisotopic (exact) mass is 283 g/mol. The molecule has 0 amide bonds. The van der Waals surface area contributed by atoms with Crippen LogP contribution in [-0.2, 0) is 6.54 Å². The highest BCUT2D eigenvalue weighted by Crippen LogP contribution is 2.36. The molecule has 0 aromatic heterocycles. The lowest BCUT2D eigenvalue weighted by Gasteiger charge is -2.18. The highest BCUT2D eigenvalue weighted by Gasteiger charge is 2.22. The third-order valence-electron chi connectivity index (χ3n) is 3.92. The molecule has 1 saturated carbocycles. The Labute approximate surface area is 120 Å². The summed E-state index contributed by atoms with van der Waals surface area (Å²) in [6.45, 7) is 3.13. The Bertz CT molecular complexity index is 436. The molecule has 1 N–H and O–H groups in total. The van der Waals surface area contributed by atoms with Crippen LogP contribution in [0.3, 0.4) is 0 Å². The first kappa shape index (κ1) is 14.5. The largest absolute Gasteiger partial charge is 0.493 e. The van der Waals surface area contributed by atoms with Gasteiger partial charge in [-0.05, 0) is 36.5 Å². The third kappa shape index (κ3) is 3.34. The zero-order chi connectivity index (χ0) is 13.8. The lowest BCUT2D eigenvalue weighted by molar-refractivity contribution is 0.354. The maximum absolute atomic E-state index is 6.20. The Morgan fingerprint density at radius 2 is 2.05 bits per heavy atom. The topological polar surface area (TPSA) is 30.5 Å². The van der Waals surface area contributed by atoms with Crippen molar-refractivity contribution in [3.8, 4) is 11.5 Å². The lowest BCUT2D eigenvalue weighted by atomic mass is 10.1. The minimum Gasteiger partial charge on any atom is -0.493 e. The quantitative estimate of drug-likeness (QED) is 0.895. The van der Waals surface area contributed by atoms with Gasteiger partial charge in [0, 0.05) is 12.6 Å². The van der Waals surface area contributed by atoms with Crippen LogP contribution in [0, 0.1) is 5.92 Å². The normalized spacial score (nSPS) is 22.5. The van der Waals surface area contributed by atoms with Gasteiger partial charge in [-0.3, -0.25) is 0 Å². The molecule has 19 heavy (non-hydrogen) atoms. The number of hydrogen-bond acceptors (Lipinski definition) is 3. The van der Waals surface area contributed by atoms with E-state index in [9.17, 15) is 0 Å². The number of ether oxygens (including phenoxy) is 2. The molecule has 2 unspecified atom stereocenters. The van der Waals surface area contributed by atoms with Crippen molar-refractivity contribution in [3.05, 3.63) is 22.7 Å². The standard InChI is InChI=1S/C15H22ClNO2/c1-10-5-4-6-13(10)17-9-11-7-12(16)15(19-3)14(8-11)18-2/h7-8,10,13,17H,4-6,9H2,1-3H3. The molecule has 106 valence electrons. The van der Waals surface area contributed by atoms with E-state index in [4.69, 9.17) is 21.1 Å². The predicted molar refractivity (Wildman–Crippen MR) is 78.2 cm³/mol. The smallest absolute Gasteiger partial charge is 0.179 e. The van der Waals surface area contributed by atoms with E-state index in [0.29, 0.717) is 22.6 Å². The van der Waals surface area contributed by atoms with Crippen LogP contribution < -0.4 is 14.8 Å². The molecule has 4 heteroatoms. The first-order valence-corrected chi connectivity index (χ1v) is 7.17. The molecule has 0 bridgehead atoms. The van der Waals surface area contributed by atoms with Gasteiger partial charge in [-0.15, -0.1) is 0 Å². The molecule has 1 aliphatic carbocycles. The second-order valence-electron chi connectivity index (χ2n) is 5.21. The SMILES string of the molecule is COc1cc(CNC2CCCC2C)cc(Cl)c1OC. The van der Waals surface area contributed by atoms with Gasteiger partial charge >= 0.3 is 0 Å². The minimum absolute atomic E-state index is 0.595. The van der Waals surface area contributed by atoms with Crippen LogP contribution in [0.1, 0.15) is 31.7 Å². The van der Waals surface area contributed by atoms with Crippen molar-refractivity contribution in [2.75, 3.05) is 14.2 Å². The van der Waals surface area contributed by atoms with Crippen molar-refractivity contribution in [1.29, 1.82) is 0 Å². The highest BCUT2D eigenvalue weighted by molar-refractivity contribution is 6.32. The van der Waals surface area contributed by atoms with E-state index in [1.807, 2.05) is 12.1 Å². The molecule has 0 heterocycles. The number of methoxy groups -OCH3 is 2. The van der Waals surface area contributed by atoms with Crippen LogP contribution in [0.4, 0.5) is 0 Å². The maximum Gasteiger partial charge on any atom is 0.179 e. The van der Waals surface area contributed by atoms with Gasteiger partial charge in [0.25, 0.3) is 0 Å². The zero-order valence-corrected chi connectivity index (χ0v) is 12.6. The second-order valence-corrected chi connectivity index (χ2v) is 5.62. The van der Waals surface area contributed by atoms with E-state index in [1.54, 1.807) is 14.2 Å². The van der Waals surface area contributed by atoms with Crippen molar-refractivity contribution < 1.29 is 9.47 Å². The molecular weight excluding hydrogens is 262 g/mol. The van der Waals surface area contributed by atoms with E-state index in [-0.39, 0.29) is 0 Å². The summed E-state index contributed by atoms with van der Waals surface area (Å²) in [6, 6.07) is 4.54. The molecule has 2 rings (SSSR count). The van der Waals surface area contributed by atoms with Crippen LogP contribution >= 0.6 is 11.6 Å². The average molecular weight is 284 g/mol. The van der Waals surface area contributed by atoms with E-state index in [1.165, 1.54) is 19.3 Å². The number of benzene rings is 1. The van der Waals surface area contributed by atoms with Gasteiger partial charge < -0.3 is 14.8 Å². The van der Waals surface area contributed by atoms with E-state index < -0.39 is 0 Å². The first-order chi connectivity index (χ1) is 9.15. The van der Waals surface area contributed by atoms with E-state index >= 15 is 0 Å². The second kappa shape index (κ2) is 6.49. The van der Waals surface area contributed by atoms with Crippen LogP contribution in [0.2, 0.25) is 5.02 Å². The van der Waals surface area contributed by atoms with Gasteiger partial charge in [-0.2, -0.15) is 0 Å². The van der Waals surface area contributed by atoms with E-state index in [0.717, 1.165) is 18.0 Å². The maximum atomic E-state index is 6.20. The van der Waals surface area contributed by atoms with Crippen LogP contribution in [0.15, 0.2) is 12.1 Å². The summed E-state index contributed by atoms with van der Waals surface area (Å²) in [6.07, 6.45) is 3.91. The molecule has 1 fully saturated rings. The van der Waals surface area contributed by atoms with Crippen LogP contribution in [-0.4, -0.2) is 20.3 Å². The Kier molecular flexibility index (Phi) is 4.94. The lowest BCUT2D eigenvalue weighted by Crippen LogP contribution is -2.30. The molecule has 0 spiro atoms. The van der Waals surface area contributed by atoms with Crippen molar-refractivity contribution in [2.45, 2.75) is 38.8 Å². The van der Waals surface area contributed by atoms with Crippen molar-refractivity contribution in [3.63, 3.8) is 0 Å². The van der Waals surface area contributed by atoms with Gasteiger partial charge in [0.2, 0.25) is 0 Å². The van der Waals surface area contributed by atoms with Gasteiger partial charge in [-0.25, -0.2) is 0 Å². The van der Waals surface area contributed by atoms with E-state index in [2.05, 4.69) is 12.2 Å². The molecule has 0 aliphatic heterocycles. The van der Waals surface area contributed by atoms with Gasteiger partial charge in [-0.1, -0.05) is 24.9 Å². The summed E-state index contributed by atoms with van der Waals surface area (Å²) in [4.78, 5) is 0. The van der Waals surface area contributed by atoms with Gasteiger partial charge in [0.15, 0.2) is 11.5 Å². The Balaban J connectivity index is 2.06. The number of hydrogen-bond donors (Lipinski definition) is 1. The fourth-order valence-corrected chi connectivity index (χ4v) is 3.08. The van der Waals surface area contributed by atoms with Crippen LogP contribution in [0.25, 0.3) is 0 Å².